The van der Waals surface area contributed by atoms with Crippen molar-refractivity contribution in [3.8, 4) is 0 Å². The number of ether oxygens (including phenoxy) is 2. The quantitative estimate of drug-likeness (QED) is 0.840. The van der Waals surface area contributed by atoms with Crippen molar-refractivity contribution in [2.24, 2.45) is 0 Å². The lowest BCUT2D eigenvalue weighted by Crippen LogP contribution is -2.61. The predicted molar refractivity (Wildman–Crippen MR) is 94.5 cm³/mol. The molecule has 0 spiro atoms. The maximum Gasteiger partial charge on any atom is 0.326 e. The molecule has 6 nitrogen and oxygen atoms in total. The molecule has 0 bridgehead atoms. The minimum atomic E-state index is -0.884. The molecule has 1 atom stereocenters. The third kappa shape index (κ3) is 3.55. The van der Waals surface area contributed by atoms with E-state index in [1.807, 2.05) is 38.1 Å². The molecule has 136 valence electrons. The van der Waals surface area contributed by atoms with E-state index in [2.05, 4.69) is 5.32 Å². The predicted octanol–water partition coefficient (Wildman–Crippen LogP) is 1.67. The molecule has 2 heterocycles. The van der Waals surface area contributed by atoms with Crippen LogP contribution < -0.4 is 10.2 Å². The largest absolute Gasteiger partial charge is 0.468 e. The summed E-state index contributed by atoms with van der Waals surface area (Å²) in [5.74, 6) is -0.365. The second kappa shape index (κ2) is 6.77. The van der Waals surface area contributed by atoms with Gasteiger partial charge in [0.2, 0.25) is 5.91 Å². The fraction of sp³-hybridized carbons (Fsp3) is 0.579. The molecule has 1 amide bonds. The van der Waals surface area contributed by atoms with Crippen LogP contribution in [0.2, 0.25) is 0 Å². The Morgan fingerprint density at radius 3 is 2.80 bits per heavy atom. The van der Waals surface area contributed by atoms with Gasteiger partial charge in [0.15, 0.2) is 0 Å². The van der Waals surface area contributed by atoms with Crippen LogP contribution >= 0.6 is 0 Å². The SMILES string of the molecule is COC(=O)C1(NCC(=O)N2CCc3ccccc32)CCOC(C)(C)C1. The average Bonchev–Trinajstić information content (AvgIpc) is 3.02. The first-order chi connectivity index (χ1) is 11.9. The number of para-hydroxylation sites is 1. The van der Waals surface area contributed by atoms with Crippen LogP contribution in [-0.2, 0) is 25.5 Å². The van der Waals surface area contributed by atoms with Gasteiger partial charge in [0.25, 0.3) is 0 Å². The molecule has 2 aliphatic heterocycles. The number of benzene rings is 1. The summed E-state index contributed by atoms with van der Waals surface area (Å²) < 4.78 is 10.7. The molecule has 6 heteroatoms. The van der Waals surface area contributed by atoms with E-state index in [9.17, 15) is 9.59 Å². The Balaban J connectivity index is 1.72. The van der Waals surface area contributed by atoms with E-state index in [4.69, 9.17) is 9.47 Å². The van der Waals surface area contributed by atoms with Gasteiger partial charge in [0, 0.05) is 25.3 Å². The van der Waals surface area contributed by atoms with Crippen molar-refractivity contribution in [2.45, 2.75) is 44.2 Å². The molecule has 0 aromatic heterocycles. The van der Waals surface area contributed by atoms with Crippen LogP contribution in [-0.4, -0.2) is 49.8 Å². The molecule has 0 aliphatic carbocycles. The number of amides is 1. The van der Waals surface area contributed by atoms with Crippen molar-refractivity contribution in [2.75, 3.05) is 31.7 Å². The second-order valence-electron chi connectivity index (χ2n) is 7.39. The second-order valence-corrected chi connectivity index (χ2v) is 7.39. The van der Waals surface area contributed by atoms with E-state index in [-0.39, 0.29) is 18.4 Å². The van der Waals surface area contributed by atoms with Crippen molar-refractivity contribution in [3.05, 3.63) is 29.8 Å². The lowest BCUT2D eigenvalue weighted by Gasteiger charge is -2.43. The fourth-order valence-corrected chi connectivity index (χ4v) is 3.90. The van der Waals surface area contributed by atoms with Crippen LogP contribution in [0.4, 0.5) is 5.69 Å². The summed E-state index contributed by atoms with van der Waals surface area (Å²) in [6.45, 7) is 5.13. The van der Waals surface area contributed by atoms with Gasteiger partial charge >= 0.3 is 5.97 Å². The number of carbonyl (C=O) groups excluding carboxylic acids is 2. The van der Waals surface area contributed by atoms with Gasteiger partial charge in [-0.05, 0) is 38.3 Å². The van der Waals surface area contributed by atoms with Crippen LogP contribution in [0.25, 0.3) is 0 Å². The number of methoxy groups -OCH3 is 1. The maximum atomic E-state index is 12.7. The highest BCUT2D eigenvalue weighted by Gasteiger charge is 2.47. The first kappa shape index (κ1) is 17.9. The van der Waals surface area contributed by atoms with Crippen LogP contribution in [0.15, 0.2) is 24.3 Å². The van der Waals surface area contributed by atoms with E-state index >= 15 is 0 Å². The van der Waals surface area contributed by atoms with E-state index in [1.165, 1.54) is 12.7 Å². The van der Waals surface area contributed by atoms with Gasteiger partial charge in [-0.15, -0.1) is 0 Å². The number of nitrogens with zero attached hydrogens (tertiary/aromatic N) is 1. The average molecular weight is 346 g/mol. The molecule has 1 aromatic carbocycles. The smallest absolute Gasteiger partial charge is 0.326 e. The molecular weight excluding hydrogens is 320 g/mol. The van der Waals surface area contributed by atoms with Crippen LogP contribution in [0, 0.1) is 0 Å². The number of nitrogens with one attached hydrogen (secondary N) is 1. The highest BCUT2D eigenvalue weighted by molar-refractivity contribution is 5.97. The molecule has 1 fully saturated rings. The first-order valence-electron chi connectivity index (χ1n) is 8.73. The zero-order valence-corrected chi connectivity index (χ0v) is 15.1. The van der Waals surface area contributed by atoms with Gasteiger partial charge < -0.3 is 14.4 Å². The number of rotatable bonds is 4. The Morgan fingerprint density at radius 1 is 1.32 bits per heavy atom. The van der Waals surface area contributed by atoms with Crippen molar-refractivity contribution in [3.63, 3.8) is 0 Å². The number of esters is 1. The van der Waals surface area contributed by atoms with Crippen LogP contribution in [0.1, 0.15) is 32.3 Å². The van der Waals surface area contributed by atoms with E-state index < -0.39 is 11.1 Å². The molecule has 1 N–H and O–H groups in total. The molecular formula is C19H26N2O4. The van der Waals surface area contributed by atoms with E-state index in [1.54, 1.807) is 4.90 Å². The van der Waals surface area contributed by atoms with Crippen molar-refractivity contribution in [1.82, 2.24) is 5.32 Å². The topological polar surface area (TPSA) is 67.9 Å². The summed E-state index contributed by atoms with van der Waals surface area (Å²) in [7, 11) is 1.38. The monoisotopic (exact) mass is 346 g/mol. The molecule has 3 rings (SSSR count). The minimum Gasteiger partial charge on any atom is -0.468 e. The van der Waals surface area contributed by atoms with Gasteiger partial charge in [0.1, 0.15) is 5.54 Å². The lowest BCUT2D eigenvalue weighted by atomic mass is 9.81. The van der Waals surface area contributed by atoms with E-state index in [0.29, 0.717) is 26.0 Å². The molecule has 0 saturated carbocycles. The van der Waals surface area contributed by atoms with Gasteiger partial charge in [-0.2, -0.15) is 0 Å². The summed E-state index contributed by atoms with van der Waals surface area (Å²) in [4.78, 5) is 27.0. The lowest BCUT2D eigenvalue weighted by molar-refractivity contribution is -0.161. The summed E-state index contributed by atoms with van der Waals surface area (Å²) in [5.41, 5.74) is 0.827. The van der Waals surface area contributed by atoms with Gasteiger partial charge in [-0.1, -0.05) is 18.2 Å². The number of hydrogen-bond donors (Lipinski definition) is 1. The zero-order valence-electron chi connectivity index (χ0n) is 15.1. The van der Waals surface area contributed by atoms with Gasteiger partial charge in [-0.25, -0.2) is 0 Å². The number of hydrogen-bond acceptors (Lipinski definition) is 5. The normalized spacial score (nSPS) is 24.7. The van der Waals surface area contributed by atoms with Crippen LogP contribution in [0.3, 0.4) is 0 Å². The molecule has 1 aromatic rings. The summed E-state index contributed by atoms with van der Waals surface area (Å²) in [5, 5.41) is 3.20. The Morgan fingerprint density at radius 2 is 2.08 bits per heavy atom. The summed E-state index contributed by atoms with van der Waals surface area (Å²) in [6.07, 6.45) is 1.83. The Hall–Kier alpha value is -1.92. The Bertz CT molecular complexity index is 673. The highest BCUT2D eigenvalue weighted by atomic mass is 16.5. The molecule has 2 aliphatic rings. The Kier molecular flexibility index (Phi) is 4.84. The van der Waals surface area contributed by atoms with Crippen molar-refractivity contribution < 1.29 is 19.1 Å². The highest BCUT2D eigenvalue weighted by Crippen LogP contribution is 2.33. The summed E-state index contributed by atoms with van der Waals surface area (Å²) in [6, 6.07) is 7.94. The molecule has 1 unspecified atom stereocenters. The third-order valence-corrected chi connectivity index (χ3v) is 5.09. The standard InChI is InChI=1S/C19H26N2O4/c1-18(2)13-19(9-11-25-18,17(23)24-3)20-12-16(22)21-10-8-14-6-4-5-7-15(14)21/h4-7,20H,8-13H2,1-3H3. The summed E-state index contributed by atoms with van der Waals surface area (Å²) >= 11 is 0. The first-order valence-corrected chi connectivity index (χ1v) is 8.73. The van der Waals surface area contributed by atoms with Gasteiger partial charge in [0.05, 0.1) is 19.3 Å². The minimum absolute atomic E-state index is 0.0301. The van der Waals surface area contributed by atoms with Crippen molar-refractivity contribution in [1.29, 1.82) is 0 Å². The Labute approximate surface area is 148 Å². The molecule has 1 saturated heterocycles. The van der Waals surface area contributed by atoms with Crippen molar-refractivity contribution >= 4 is 17.6 Å². The van der Waals surface area contributed by atoms with E-state index in [0.717, 1.165) is 12.1 Å². The number of anilines is 1. The van der Waals surface area contributed by atoms with Gasteiger partial charge in [-0.3, -0.25) is 14.9 Å². The third-order valence-electron chi connectivity index (χ3n) is 5.09. The number of carbonyl (C=O) groups is 2. The zero-order chi connectivity index (χ0) is 18.1. The van der Waals surface area contributed by atoms with Crippen LogP contribution in [0.5, 0.6) is 0 Å². The molecule has 25 heavy (non-hydrogen) atoms. The maximum absolute atomic E-state index is 12.7. The fourth-order valence-electron chi connectivity index (χ4n) is 3.90. The number of fused-ring (bicyclic) bond motifs is 1. The molecule has 0 radical (unpaired) electrons.